The van der Waals surface area contributed by atoms with Gasteiger partial charge in [0, 0.05) is 20.2 Å². The predicted octanol–water partition coefficient (Wildman–Crippen LogP) is 2.45. The van der Waals surface area contributed by atoms with Gasteiger partial charge in [-0.1, -0.05) is 19.8 Å². The minimum absolute atomic E-state index is 1.14. The first kappa shape index (κ1) is 11.0. The van der Waals surface area contributed by atoms with E-state index in [0.29, 0.717) is 0 Å². The van der Waals surface area contributed by atoms with Crippen LogP contribution >= 0.6 is 0 Å². The third kappa shape index (κ3) is 4.10. The van der Waals surface area contributed by atoms with Gasteiger partial charge in [0.05, 0.1) is 6.10 Å². The largest absolute Gasteiger partial charge is 0.375 e. The molecule has 0 atom stereocenters. The summed E-state index contributed by atoms with van der Waals surface area (Å²) in [5.74, 6) is 0. The monoisotopic (exact) mass is 184 g/mol. The lowest BCUT2D eigenvalue weighted by molar-refractivity contribution is 0.120. The number of likely N-dealkylation sites (tertiary alicyclic amines) is 1. The topological polar surface area (TPSA) is 12.5 Å². The molecule has 1 heterocycles. The van der Waals surface area contributed by atoms with E-state index in [9.17, 15) is 0 Å². The number of unbranched alkanes of at least 4 members (excludes halogenated alkanes) is 2. The molecule has 0 aliphatic carbocycles. The predicted molar refractivity (Wildman–Crippen MR) is 55.5 cm³/mol. The number of ether oxygens (including phenoxy) is 1. The quantitative estimate of drug-likeness (QED) is 0.608. The van der Waals surface area contributed by atoms with Crippen LogP contribution in [0.1, 0.15) is 39.0 Å². The molecule has 1 radical (unpaired) electrons. The smallest absolute Gasteiger partial charge is 0.0992 e. The van der Waals surface area contributed by atoms with Crippen molar-refractivity contribution in [1.29, 1.82) is 0 Å². The summed E-state index contributed by atoms with van der Waals surface area (Å²) >= 11 is 0. The summed E-state index contributed by atoms with van der Waals surface area (Å²) in [6, 6.07) is 0. The lowest BCUT2D eigenvalue weighted by atomic mass is 10.1. The fourth-order valence-corrected chi connectivity index (χ4v) is 1.82. The second-order valence-corrected chi connectivity index (χ2v) is 3.79. The maximum atomic E-state index is 5.26. The minimum Gasteiger partial charge on any atom is -0.375 e. The molecule has 0 aromatic carbocycles. The molecule has 0 saturated carbocycles. The van der Waals surface area contributed by atoms with Crippen LogP contribution in [0.2, 0.25) is 0 Å². The molecule has 0 unspecified atom stereocenters. The first-order chi connectivity index (χ1) is 6.36. The third-order valence-electron chi connectivity index (χ3n) is 2.78. The van der Waals surface area contributed by atoms with E-state index in [1.165, 1.54) is 45.0 Å². The molecule has 0 spiro atoms. The summed E-state index contributed by atoms with van der Waals surface area (Å²) in [7, 11) is 1.79. The van der Waals surface area contributed by atoms with Crippen molar-refractivity contribution in [3.63, 3.8) is 0 Å². The van der Waals surface area contributed by atoms with E-state index in [2.05, 4.69) is 11.8 Å². The normalized spacial score (nSPS) is 20.8. The Hall–Kier alpha value is -0.0800. The zero-order chi connectivity index (χ0) is 9.52. The minimum atomic E-state index is 1.14. The van der Waals surface area contributed by atoms with Gasteiger partial charge >= 0.3 is 0 Å². The van der Waals surface area contributed by atoms with E-state index in [-0.39, 0.29) is 0 Å². The Balaban J connectivity index is 2.03. The molecule has 1 fully saturated rings. The van der Waals surface area contributed by atoms with E-state index in [0.717, 1.165) is 12.8 Å². The van der Waals surface area contributed by atoms with Gasteiger partial charge in [0.15, 0.2) is 0 Å². The molecule has 0 bridgehead atoms. The van der Waals surface area contributed by atoms with E-state index in [4.69, 9.17) is 4.74 Å². The second kappa shape index (κ2) is 6.39. The molecule has 1 aliphatic heterocycles. The highest BCUT2D eigenvalue weighted by Crippen LogP contribution is 2.19. The Labute approximate surface area is 82.3 Å². The van der Waals surface area contributed by atoms with Crippen LogP contribution in [0.25, 0.3) is 0 Å². The molecule has 0 N–H and O–H groups in total. The lowest BCUT2D eigenvalue weighted by Gasteiger charge is -2.30. The first-order valence-electron chi connectivity index (χ1n) is 5.48. The van der Waals surface area contributed by atoms with Crippen molar-refractivity contribution in [3.05, 3.63) is 6.10 Å². The molecule has 0 aromatic heterocycles. The molecule has 1 aliphatic rings. The Morgan fingerprint density at radius 2 is 1.92 bits per heavy atom. The number of methoxy groups -OCH3 is 1. The molecule has 2 heteroatoms. The molecule has 1 saturated heterocycles. The van der Waals surface area contributed by atoms with Crippen molar-refractivity contribution in [2.45, 2.75) is 39.0 Å². The van der Waals surface area contributed by atoms with Crippen LogP contribution in [0.5, 0.6) is 0 Å². The Morgan fingerprint density at radius 1 is 1.23 bits per heavy atom. The molecular weight excluding hydrogens is 162 g/mol. The molecule has 0 aromatic rings. The van der Waals surface area contributed by atoms with Gasteiger partial charge in [-0.3, -0.25) is 0 Å². The molecule has 1 rings (SSSR count). The van der Waals surface area contributed by atoms with Crippen LogP contribution in [0.4, 0.5) is 0 Å². The fraction of sp³-hybridized carbons (Fsp3) is 0.909. The van der Waals surface area contributed by atoms with E-state index < -0.39 is 0 Å². The highest BCUT2D eigenvalue weighted by molar-refractivity contribution is 4.85. The highest BCUT2D eigenvalue weighted by atomic mass is 16.5. The maximum absolute atomic E-state index is 5.26. The first-order valence-corrected chi connectivity index (χ1v) is 5.48. The Morgan fingerprint density at radius 3 is 2.46 bits per heavy atom. The number of rotatable bonds is 5. The standard InChI is InChI=1S/C11H22NO/c1-3-4-5-8-12-9-6-11(13-2)7-10-12/h3-10H2,1-2H3. The Bertz CT molecular complexity index is 117. The number of nitrogens with zero attached hydrogens (tertiary/aromatic N) is 1. The van der Waals surface area contributed by atoms with Crippen molar-refractivity contribution in [3.8, 4) is 0 Å². The molecule has 0 amide bonds. The average molecular weight is 184 g/mol. The summed E-state index contributed by atoms with van der Waals surface area (Å²) < 4.78 is 5.26. The van der Waals surface area contributed by atoms with Gasteiger partial charge in [-0.15, -0.1) is 0 Å². The van der Waals surface area contributed by atoms with Crippen LogP contribution in [-0.2, 0) is 4.74 Å². The molecule has 13 heavy (non-hydrogen) atoms. The maximum Gasteiger partial charge on any atom is 0.0992 e. The third-order valence-corrected chi connectivity index (χ3v) is 2.78. The SMILES string of the molecule is CCCCCN1CC[C](OC)CC1. The highest BCUT2D eigenvalue weighted by Gasteiger charge is 2.18. The van der Waals surface area contributed by atoms with E-state index in [1.807, 2.05) is 0 Å². The molecular formula is C11H22NO. The summed E-state index contributed by atoms with van der Waals surface area (Å²) in [5.41, 5.74) is 0. The summed E-state index contributed by atoms with van der Waals surface area (Å²) in [6.07, 6.45) is 7.62. The van der Waals surface area contributed by atoms with Crippen molar-refractivity contribution in [2.75, 3.05) is 26.7 Å². The van der Waals surface area contributed by atoms with Gasteiger partial charge in [0.2, 0.25) is 0 Å². The van der Waals surface area contributed by atoms with Crippen LogP contribution in [-0.4, -0.2) is 31.6 Å². The van der Waals surface area contributed by atoms with Gasteiger partial charge in [-0.05, 0) is 25.8 Å². The number of hydrogen-bond donors (Lipinski definition) is 0. The summed E-state index contributed by atoms with van der Waals surface area (Å²) in [5, 5.41) is 0. The lowest BCUT2D eigenvalue weighted by Crippen LogP contribution is -2.34. The number of hydrogen-bond acceptors (Lipinski definition) is 2. The van der Waals surface area contributed by atoms with Crippen LogP contribution in [0.15, 0.2) is 0 Å². The van der Waals surface area contributed by atoms with Crippen molar-refractivity contribution >= 4 is 0 Å². The van der Waals surface area contributed by atoms with Crippen molar-refractivity contribution in [2.24, 2.45) is 0 Å². The van der Waals surface area contributed by atoms with Gasteiger partial charge in [0.25, 0.3) is 0 Å². The van der Waals surface area contributed by atoms with Gasteiger partial charge in [0.1, 0.15) is 0 Å². The Kier molecular flexibility index (Phi) is 5.40. The number of piperidine rings is 1. The van der Waals surface area contributed by atoms with E-state index in [1.54, 1.807) is 7.11 Å². The van der Waals surface area contributed by atoms with Gasteiger partial charge in [-0.25, -0.2) is 0 Å². The average Bonchev–Trinajstić information content (AvgIpc) is 2.19. The molecule has 2 nitrogen and oxygen atoms in total. The van der Waals surface area contributed by atoms with Crippen molar-refractivity contribution < 1.29 is 4.74 Å². The summed E-state index contributed by atoms with van der Waals surface area (Å²) in [4.78, 5) is 2.55. The second-order valence-electron chi connectivity index (χ2n) is 3.79. The van der Waals surface area contributed by atoms with Crippen molar-refractivity contribution in [1.82, 2.24) is 4.90 Å². The molecule has 77 valence electrons. The fourth-order valence-electron chi connectivity index (χ4n) is 1.82. The van der Waals surface area contributed by atoms with Crippen LogP contribution in [0, 0.1) is 6.10 Å². The zero-order valence-corrected chi connectivity index (χ0v) is 9.01. The van der Waals surface area contributed by atoms with Gasteiger partial charge in [-0.2, -0.15) is 0 Å². The van der Waals surface area contributed by atoms with Crippen LogP contribution < -0.4 is 0 Å². The van der Waals surface area contributed by atoms with Gasteiger partial charge < -0.3 is 9.64 Å². The van der Waals surface area contributed by atoms with Crippen LogP contribution in [0.3, 0.4) is 0 Å². The zero-order valence-electron chi connectivity index (χ0n) is 9.01. The summed E-state index contributed by atoms with van der Waals surface area (Å²) in [6.45, 7) is 5.94. The van der Waals surface area contributed by atoms with E-state index >= 15 is 0 Å².